The molecule has 1 aromatic rings. The molecule has 1 atom stereocenters. The van der Waals surface area contributed by atoms with Crippen molar-refractivity contribution in [1.82, 2.24) is 4.90 Å². The number of benzene rings is 1. The van der Waals surface area contributed by atoms with Crippen molar-refractivity contribution >= 4 is 5.91 Å². The van der Waals surface area contributed by atoms with Crippen LogP contribution in [0.2, 0.25) is 0 Å². The maximum Gasteiger partial charge on any atom is 0.259 e. The Morgan fingerprint density at radius 3 is 2.20 bits per heavy atom. The van der Waals surface area contributed by atoms with Crippen molar-refractivity contribution in [2.24, 2.45) is 0 Å². The van der Waals surface area contributed by atoms with Gasteiger partial charge in [0, 0.05) is 11.3 Å². The van der Waals surface area contributed by atoms with E-state index in [0.717, 1.165) is 22.4 Å². The van der Waals surface area contributed by atoms with Crippen LogP contribution in [0.3, 0.4) is 0 Å². The van der Waals surface area contributed by atoms with E-state index in [4.69, 9.17) is 0 Å². The lowest BCUT2D eigenvalue weighted by atomic mass is 9.75. The topological polar surface area (TPSA) is 20.3 Å². The highest BCUT2D eigenvalue weighted by atomic mass is 16.2. The molecule has 0 aromatic heterocycles. The number of allylic oxidation sites excluding steroid dienone is 9. The van der Waals surface area contributed by atoms with Gasteiger partial charge in [-0.05, 0) is 50.5 Å². The van der Waals surface area contributed by atoms with Gasteiger partial charge in [0.25, 0.3) is 5.91 Å². The molecule has 0 bridgehead atoms. The molecule has 1 amide bonds. The molecule has 30 heavy (non-hydrogen) atoms. The van der Waals surface area contributed by atoms with Crippen LogP contribution in [0.1, 0.15) is 33.3 Å². The number of hydrogen-bond acceptors (Lipinski definition) is 1. The molecule has 0 spiro atoms. The molecule has 0 radical (unpaired) electrons. The molecule has 0 aliphatic carbocycles. The molecule has 2 heteroatoms. The van der Waals surface area contributed by atoms with E-state index in [9.17, 15) is 4.79 Å². The monoisotopic (exact) mass is 397 g/mol. The van der Waals surface area contributed by atoms with Crippen LogP contribution in [0.15, 0.2) is 127 Å². The zero-order valence-corrected chi connectivity index (χ0v) is 18.4. The number of nitrogens with zero attached hydrogens (tertiary/aromatic N) is 1. The van der Waals surface area contributed by atoms with Crippen LogP contribution in [0.25, 0.3) is 0 Å². The lowest BCUT2D eigenvalue weighted by Crippen LogP contribution is -2.44. The van der Waals surface area contributed by atoms with E-state index in [0.29, 0.717) is 5.57 Å². The summed E-state index contributed by atoms with van der Waals surface area (Å²) in [4.78, 5) is 15.7. The van der Waals surface area contributed by atoms with Crippen LogP contribution in [0, 0.1) is 0 Å². The molecule has 1 aliphatic heterocycles. The summed E-state index contributed by atoms with van der Waals surface area (Å²) in [6.07, 6.45) is 19.2. The van der Waals surface area contributed by atoms with Crippen molar-refractivity contribution in [3.63, 3.8) is 0 Å². The molecule has 2 nitrogen and oxygen atoms in total. The van der Waals surface area contributed by atoms with Gasteiger partial charge >= 0.3 is 0 Å². The Morgan fingerprint density at radius 2 is 1.70 bits per heavy atom. The molecule has 0 saturated carbocycles. The molecule has 1 aromatic carbocycles. The van der Waals surface area contributed by atoms with Crippen molar-refractivity contribution in [3.05, 3.63) is 132 Å². The number of carbonyl (C=O) groups is 1. The highest BCUT2D eigenvalue weighted by Crippen LogP contribution is 2.53. The van der Waals surface area contributed by atoms with E-state index in [1.807, 2.05) is 105 Å². The smallest absolute Gasteiger partial charge is 0.259 e. The molecule has 1 aliphatic rings. The number of rotatable bonds is 7. The summed E-state index contributed by atoms with van der Waals surface area (Å²) in [6, 6.07) is 10.1. The molecule has 1 unspecified atom stereocenters. The summed E-state index contributed by atoms with van der Waals surface area (Å²) in [6.45, 7) is 15.7. The Morgan fingerprint density at radius 1 is 1.00 bits per heavy atom. The fraction of sp³-hybridized carbons (Fsp3) is 0.179. The first-order valence-electron chi connectivity index (χ1n) is 10.2. The van der Waals surface area contributed by atoms with Gasteiger partial charge in [0.2, 0.25) is 0 Å². The van der Waals surface area contributed by atoms with Crippen LogP contribution in [0.4, 0.5) is 0 Å². The maximum atomic E-state index is 13.8. The van der Waals surface area contributed by atoms with Gasteiger partial charge in [-0.25, -0.2) is 0 Å². The van der Waals surface area contributed by atoms with Gasteiger partial charge < -0.3 is 0 Å². The van der Waals surface area contributed by atoms with Gasteiger partial charge in [0.1, 0.15) is 5.54 Å². The average molecular weight is 398 g/mol. The zero-order valence-electron chi connectivity index (χ0n) is 18.4. The van der Waals surface area contributed by atoms with E-state index < -0.39 is 5.54 Å². The van der Waals surface area contributed by atoms with E-state index in [1.165, 1.54) is 0 Å². The molecular weight excluding hydrogens is 366 g/mol. The molecular formula is C28H31NO. The van der Waals surface area contributed by atoms with E-state index in [2.05, 4.69) is 25.3 Å². The van der Waals surface area contributed by atoms with E-state index in [-0.39, 0.29) is 5.91 Å². The number of carbonyl (C=O) groups excluding carboxylic acids is 1. The Balaban J connectivity index is 3.09. The van der Waals surface area contributed by atoms with Gasteiger partial charge in [-0.15, -0.1) is 0 Å². The molecule has 1 heterocycles. The standard InChI is InChI=1S/C28H31NO/c1-7-13-18-22(9-3)28(23-19-16-15-17-20-23)26(12-6)25(11-5)27(30)29(28)24(10-4)21-14-8-2/h7-21H,2-3H2,1,4-6H3/b13-7-,21-14-,22-18+,24-10+,25-11+,26-12+. The number of hydrogen-bond donors (Lipinski definition) is 0. The van der Waals surface area contributed by atoms with Gasteiger partial charge in [-0.2, -0.15) is 0 Å². The first-order chi connectivity index (χ1) is 14.6. The Labute approximate surface area is 181 Å². The lowest BCUT2D eigenvalue weighted by Gasteiger charge is -2.41. The first-order valence-corrected chi connectivity index (χ1v) is 10.2. The first kappa shape index (κ1) is 22.9. The number of amides is 1. The largest absolute Gasteiger partial charge is 0.290 e. The predicted octanol–water partition coefficient (Wildman–Crippen LogP) is 6.95. The summed E-state index contributed by atoms with van der Waals surface area (Å²) in [5.41, 5.74) is 3.54. The summed E-state index contributed by atoms with van der Waals surface area (Å²) in [5.74, 6) is -0.0375. The van der Waals surface area contributed by atoms with Gasteiger partial charge in [-0.3, -0.25) is 9.69 Å². The Bertz CT molecular complexity index is 983. The van der Waals surface area contributed by atoms with Crippen LogP contribution in [-0.2, 0) is 10.3 Å². The van der Waals surface area contributed by atoms with Crippen molar-refractivity contribution in [1.29, 1.82) is 0 Å². The summed E-state index contributed by atoms with van der Waals surface area (Å²) in [5, 5.41) is 0. The van der Waals surface area contributed by atoms with Crippen LogP contribution in [0.5, 0.6) is 0 Å². The molecule has 1 saturated heterocycles. The second-order valence-corrected chi connectivity index (χ2v) is 6.78. The fourth-order valence-electron chi connectivity index (χ4n) is 4.08. The quantitative estimate of drug-likeness (QED) is 0.360. The third kappa shape index (κ3) is 3.73. The minimum Gasteiger partial charge on any atom is -0.290 e. The SMILES string of the molecule is C=C/C=C\C(=C/C)N1C(=O)C(=C/C)/C(=C\C)C1(/C(C=C)=C/C=C\C)c1ccccc1. The summed E-state index contributed by atoms with van der Waals surface area (Å²) >= 11 is 0. The van der Waals surface area contributed by atoms with Crippen LogP contribution >= 0.6 is 0 Å². The van der Waals surface area contributed by atoms with Gasteiger partial charge in [0.15, 0.2) is 0 Å². The third-order valence-electron chi connectivity index (χ3n) is 5.28. The van der Waals surface area contributed by atoms with Gasteiger partial charge in [-0.1, -0.05) is 98.2 Å². The van der Waals surface area contributed by atoms with Crippen molar-refractivity contribution in [2.75, 3.05) is 0 Å². The highest BCUT2D eigenvalue weighted by Gasteiger charge is 2.55. The Hall–Kier alpha value is -3.39. The van der Waals surface area contributed by atoms with Crippen molar-refractivity contribution in [2.45, 2.75) is 33.2 Å². The zero-order chi connectivity index (χ0) is 22.1. The highest BCUT2D eigenvalue weighted by molar-refractivity contribution is 6.05. The second-order valence-electron chi connectivity index (χ2n) is 6.78. The van der Waals surface area contributed by atoms with E-state index in [1.54, 1.807) is 6.08 Å². The summed E-state index contributed by atoms with van der Waals surface area (Å²) in [7, 11) is 0. The Kier molecular flexibility index (Phi) is 7.94. The van der Waals surface area contributed by atoms with Crippen LogP contribution in [-0.4, -0.2) is 10.8 Å². The molecule has 0 N–H and O–H groups in total. The minimum absolute atomic E-state index is 0.0375. The van der Waals surface area contributed by atoms with Gasteiger partial charge in [0.05, 0.1) is 0 Å². The lowest BCUT2D eigenvalue weighted by molar-refractivity contribution is -0.125. The fourth-order valence-corrected chi connectivity index (χ4v) is 4.08. The van der Waals surface area contributed by atoms with Crippen molar-refractivity contribution < 1.29 is 4.79 Å². The van der Waals surface area contributed by atoms with Crippen LogP contribution < -0.4 is 0 Å². The van der Waals surface area contributed by atoms with Crippen molar-refractivity contribution in [3.8, 4) is 0 Å². The predicted molar refractivity (Wildman–Crippen MR) is 129 cm³/mol. The molecule has 154 valence electrons. The third-order valence-corrected chi connectivity index (χ3v) is 5.28. The van der Waals surface area contributed by atoms with E-state index >= 15 is 0 Å². The minimum atomic E-state index is -0.830. The molecule has 2 rings (SSSR count). The average Bonchev–Trinajstić information content (AvgIpc) is 3.04. The normalized spacial score (nSPS) is 23.3. The molecule has 1 fully saturated rings. The number of likely N-dealkylation sites (tertiary alicyclic amines) is 1. The maximum absolute atomic E-state index is 13.8. The summed E-state index contributed by atoms with van der Waals surface area (Å²) < 4.78 is 0. The second kappa shape index (κ2) is 10.4.